The minimum atomic E-state index is 0.345. The van der Waals surface area contributed by atoms with Crippen LogP contribution in [0.3, 0.4) is 0 Å². The van der Waals surface area contributed by atoms with Crippen LogP contribution in [-0.2, 0) is 13.1 Å². The third-order valence-electron chi connectivity index (χ3n) is 3.76. The minimum absolute atomic E-state index is 0.345. The van der Waals surface area contributed by atoms with Crippen LogP contribution in [0.15, 0.2) is 33.8 Å². The van der Waals surface area contributed by atoms with Crippen LogP contribution in [0, 0.1) is 0 Å². The molecule has 0 aliphatic rings. The summed E-state index contributed by atoms with van der Waals surface area (Å²) in [5.41, 5.74) is 1.95. The third-order valence-corrected chi connectivity index (χ3v) is 3.76. The maximum Gasteiger partial charge on any atom is 0.191 e. The van der Waals surface area contributed by atoms with E-state index in [0.717, 1.165) is 28.5 Å². The number of methoxy groups -OCH3 is 2. The molecule has 2 N–H and O–H groups in total. The second-order valence-corrected chi connectivity index (χ2v) is 5.83. The van der Waals surface area contributed by atoms with Crippen LogP contribution in [0.25, 0.3) is 0 Å². The zero-order valence-electron chi connectivity index (χ0n) is 15.4. The van der Waals surface area contributed by atoms with Gasteiger partial charge in [-0.05, 0) is 18.1 Å². The van der Waals surface area contributed by atoms with E-state index in [2.05, 4.69) is 34.6 Å². The summed E-state index contributed by atoms with van der Waals surface area (Å²) in [7, 11) is 4.99. The standard InChI is InChI=1S/C18H26N4O3/c1-12(2)16-8-15(25-22-16)11-21-18(19-3)20-10-13-6-7-14(23-4)9-17(13)24-5/h6-9,12H,10-11H2,1-5H3,(H2,19,20,21). The van der Waals surface area contributed by atoms with Crippen LogP contribution in [0.1, 0.15) is 36.8 Å². The molecule has 0 saturated heterocycles. The minimum Gasteiger partial charge on any atom is -0.497 e. The maximum absolute atomic E-state index is 5.40. The summed E-state index contributed by atoms with van der Waals surface area (Å²) < 4.78 is 15.9. The number of rotatable bonds is 7. The van der Waals surface area contributed by atoms with Crippen molar-refractivity contribution in [3.63, 3.8) is 0 Å². The number of aromatic nitrogens is 1. The number of nitrogens with zero attached hydrogens (tertiary/aromatic N) is 2. The molecule has 0 amide bonds. The molecule has 0 unspecified atom stereocenters. The molecule has 0 aliphatic heterocycles. The van der Waals surface area contributed by atoms with Gasteiger partial charge in [0.1, 0.15) is 11.5 Å². The fourth-order valence-electron chi connectivity index (χ4n) is 2.25. The number of hydrogen-bond donors (Lipinski definition) is 2. The highest BCUT2D eigenvalue weighted by Crippen LogP contribution is 2.24. The Labute approximate surface area is 148 Å². The van der Waals surface area contributed by atoms with Crippen molar-refractivity contribution in [2.75, 3.05) is 21.3 Å². The van der Waals surface area contributed by atoms with Crippen molar-refractivity contribution in [2.45, 2.75) is 32.9 Å². The second kappa shape index (κ2) is 8.96. The number of benzene rings is 1. The summed E-state index contributed by atoms with van der Waals surface area (Å²) in [6, 6.07) is 7.67. The van der Waals surface area contributed by atoms with E-state index < -0.39 is 0 Å². The number of ether oxygens (including phenoxy) is 2. The molecular formula is C18H26N4O3. The Bertz CT molecular complexity index is 710. The molecule has 2 rings (SSSR count). The highest BCUT2D eigenvalue weighted by atomic mass is 16.5. The first kappa shape index (κ1) is 18.6. The normalized spacial score (nSPS) is 11.5. The van der Waals surface area contributed by atoms with Crippen molar-refractivity contribution < 1.29 is 14.0 Å². The van der Waals surface area contributed by atoms with E-state index in [1.54, 1.807) is 21.3 Å². The van der Waals surface area contributed by atoms with Gasteiger partial charge in [-0.2, -0.15) is 0 Å². The van der Waals surface area contributed by atoms with Gasteiger partial charge in [-0.3, -0.25) is 4.99 Å². The number of guanidine groups is 1. The molecule has 1 heterocycles. The van der Waals surface area contributed by atoms with E-state index in [-0.39, 0.29) is 0 Å². The van der Waals surface area contributed by atoms with Gasteiger partial charge in [-0.1, -0.05) is 19.0 Å². The fraction of sp³-hybridized carbons (Fsp3) is 0.444. The van der Waals surface area contributed by atoms with Gasteiger partial charge in [0, 0.05) is 31.3 Å². The summed E-state index contributed by atoms with van der Waals surface area (Å²) in [5.74, 6) is 3.31. The molecule has 25 heavy (non-hydrogen) atoms. The largest absolute Gasteiger partial charge is 0.497 e. The van der Waals surface area contributed by atoms with Crippen molar-refractivity contribution in [3.05, 3.63) is 41.3 Å². The van der Waals surface area contributed by atoms with E-state index in [9.17, 15) is 0 Å². The van der Waals surface area contributed by atoms with E-state index in [1.807, 2.05) is 24.3 Å². The van der Waals surface area contributed by atoms with Crippen LogP contribution in [0.2, 0.25) is 0 Å². The lowest BCUT2D eigenvalue weighted by Crippen LogP contribution is -2.36. The Morgan fingerprint density at radius 2 is 1.92 bits per heavy atom. The van der Waals surface area contributed by atoms with E-state index >= 15 is 0 Å². The van der Waals surface area contributed by atoms with E-state index in [0.29, 0.717) is 25.0 Å². The van der Waals surface area contributed by atoms with Crippen LogP contribution in [0.5, 0.6) is 11.5 Å². The smallest absolute Gasteiger partial charge is 0.191 e. The van der Waals surface area contributed by atoms with Gasteiger partial charge in [0.05, 0.1) is 26.5 Å². The second-order valence-electron chi connectivity index (χ2n) is 5.83. The SMILES string of the molecule is CN=C(NCc1cc(C(C)C)no1)NCc1ccc(OC)cc1OC. The van der Waals surface area contributed by atoms with Gasteiger partial charge in [0.2, 0.25) is 0 Å². The van der Waals surface area contributed by atoms with Gasteiger partial charge in [-0.15, -0.1) is 0 Å². The third kappa shape index (κ3) is 5.14. The highest BCUT2D eigenvalue weighted by molar-refractivity contribution is 5.79. The van der Waals surface area contributed by atoms with Crippen molar-refractivity contribution in [3.8, 4) is 11.5 Å². The predicted molar refractivity (Wildman–Crippen MR) is 97.2 cm³/mol. The Hall–Kier alpha value is -2.70. The van der Waals surface area contributed by atoms with Gasteiger partial charge < -0.3 is 24.6 Å². The zero-order valence-corrected chi connectivity index (χ0v) is 15.4. The monoisotopic (exact) mass is 346 g/mol. The molecule has 1 aromatic carbocycles. The first-order valence-electron chi connectivity index (χ1n) is 8.18. The van der Waals surface area contributed by atoms with Crippen LogP contribution in [-0.4, -0.2) is 32.4 Å². The maximum atomic E-state index is 5.40. The summed E-state index contributed by atoms with van der Waals surface area (Å²) in [4.78, 5) is 4.22. The molecule has 0 spiro atoms. The fourth-order valence-corrected chi connectivity index (χ4v) is 2.25. The summed E-state index contributed by atoms with van der Waals surface area (Å²) >= 11 is 0. The van der Waals surface area contributed by atoms with Crippen molar-refractivity contribution in [2.24, 2.45) is 4.99 Å². The molecule has 0 fully saturated rings. The lowest BCUT2D eigenvalue weighted by molar-refractivity contribution is 0.372. The quantitative estimate of drug-likeness (QED) is 0.593. The Morgan fingerprint density at radius 1 is 1.16 bits per heavy atom. The van der Waals surface area contributed by atoms with Crippen molar-refractivity contribution in [1.82, 2.24) is 15.8 Å². The van der Waals surface area contributed by atoms with E-state index in [1.165, 1.54) is 0 Å². The number of hydrogen-bond acceptors (Lipinski definition) is 5. The van der Waals surface area contributed by atoms with Gasteiger partial charge in [0.15, 0.2) is 11.7 Å². The summed E-state index contributed by atoms with van der Waals surface area (Å²) in [6.07, 6.45) is 0. The molecule has 1 aromatic heterocycles. The zero-order chi connectivity index (χ0) is 18.2. The van der Waals surface area contributed by atoms with Crippen molar-refractivity contribution >= 4 is 5.96 Å². The van der Waals surface area contributed by atoms with Crippen LogP contribution >= 0.6 is 0 Å². The molecule has 0 atom stereocenters. The molecular weight excluding hydrogens is 320 g/mol. The van der Waals surface area contributed by atoms with Gasteiger partial charge >= 0.3 is 0 Å². The Morgan fingerprint density at radius 3 is 2.52 bits per heavy atom. The average molecular weight is 346 g/mol. The lowest BCUT2D eigenvalue weighted by atomic mass is 10.1. The van der Waals surface area contributed by atoms with Crippen LogP contribution in [0.4, 0.5) is 0 Å². The number of nitrogens with one attached hydrogen (secondary N) is 2. The topological polar surface area (TPSA) is 80.9 Å². The van der Waals surface area contributed by atoms with Crippen molar-refractivity contribution in [1.29, 1.82) is 0 Å². The molecule has 0 aliphatic carbocycles. The average Bonchev–Trinajstić information content (AvgIpc) is 3.11. The highest BCUT2D eigenvalue weighted by Gasteiger charge is 2.09. The van der Waals surface area contributed by atoms with E-state index in [4.69, 9.17) is 14.0 Å². The Balaban J connectivity index is 1.92. The molecule has 2 aromatic rings. The molecule has 0 radical (unpaired) electrons. The van der Waals surface area contributed by atoms with Gasteiger partial charge in [0.25, 0.3) is 0 Å². The van der Waals surface area contributed by atoms with Crippen LogP contribution < -0.4 is 20.1 Å². The Kier molecular flexibility index (Phi) is 6.68. The molecule has 136 valence electrons. The molecule has 0 saturated carbocycles. The first-order valence-corrected chi connectivity index (χ1v) is 8.18. The molecule has 7 nitrogen and oxygen atoms in total. The molecule has 0 bridgehead atoms. The first-order chi connectivity index (χ1) is 12.1. The van der Waals surface area contributed by atoms with Gasteiger partial charge in [-0.25, -0.2) is 0 Å². The predicted octanol–water partition coefficient (Wildman–Crippen LogP) is 2.68. The number of aliphatic imine (C=N–C) groups is 1. The summed E-state index contributed by atoms with van der Waals surface area (Å²) in [5, 5.41) is 10.5. The summed E-state index contributed by atoms with van der Waals surface area (Å²) in [6.45, 7) is 5.25. The lowest BCUT2D eigenvalue weighted by Gasteiger charge is -2.14. The molecule has 7 heteroatoms.